The molecule has 0 unspecified atom stereocenters. The van der Waals surface area contributed by atoms with Crippen molar-refractivity contribution in [3.8, 4) is 0 Å². The number of aliphatic hydroxyl groups is 1. The number of amides is 2. The molecule has 138 valence electrons. The first-order valence-corrected chi connectivity index (χ1v) is 9.74. The largest absolute Gasteiger partial charge is 0.389 e. The highest BCUT2D eigenvalue weighted by Gasteiger charge is 2.43. The third-order valence-electron chi connectivity index (χ3n) is 6.83. The van der Waals surface area contributed by atoms with Gasteiger partial charge in [-0.1, -0.05) is 31.3 Å². The van der Waals surface area contributed by atoms with Crippen LogP contribution in [0.1, 0.15) is 70.5 Å². The zero-order valence-corrected chi connectivity index (χ0v) is 15.1. The van der Waals surface area contributed by atoms with Crippen LogP contribution in [0.4, 0.5) is 10.6 Å². The monoisotopic (exact) mass is 347 g/mol. The molecule has 1 aromatic heterocycles. The van der Waals surface area contributed by atoms with E-state index in [0.717, 1.165) is 31.4 Å². The molecule has 0 spiro atoms. The average molecular weight is 347 g/mol. The fraction of sp³-hybridized carbons (Fsp3) is 0.789. The Balaban J connectivity index is 1.33. The summed E-state index contributed by atoms with van der Waals surface area (Å²) in [4.78, 5) is 14.3. The Kier molecular flexibility index (Phi) is 4.26. The second-order valence-corrected chi connectivity index (χ2v) is 8.49. The van der Waals surface area contributed by atoms with Crippen LogP contribution < -0.4 is 5.32 Å². The number of anilines is 1. The van der Waals surface area contributed by atoms with Crippen molar-refractivity contribution in [1.82, 2.24) is 10.1 Å². The summed E-state index contributed by atoms with van der Waals surface area (Å²) >= 11 is 0. The van der Waals surface area contributed by atoms with E-state index in [1.807, 2.05) is 6.07 Å². The summed E-state index contributed by atoms with van der Waals surface area (Å²) in [6.07, 6.45) is 9.49. The number of piperidine rings is 1. The maximum atomic E-state index is 12.5. The summed E-state index contributed by atoms with van der Waals surface area (Å²) < 4.78 is 5.50. The van der Waals surface area contributed by atoms with Gasteiger partial charge >= 0.3 is 6.03 Å². The minimum absolute atomic E-state index is 0.0559. The molecular formula is C19H29N3O3. The number of nitrogens with one attached hydrogen (secondary N) is 1. The highest BCUT2D eigenvalue weighted by atomic mass is 16.5. The maximum absolute atomic E-state index is 12.5. The van der Waals surface area contributed by atoms with Crippen LogP contribution in [-0.4, -0.2) is 39.9 Å². The number of nitrogens with zero attached hydrogens (tertiary/aromatic N) is 2. The lowest BCUT2D eigenvalue weighted by molar-refractivity contribution is -0.0845. The van der Waals surface area contributed by atoms with E-state index in [4.69, 9.17) is 4.52 Å². The van der Waals surface area contributed by atoms with Crippen LogP contribution in [0.2, 0.25) is 0 Å². The number of rotatable bonds is 3. The highest BCUT2D eigenvalue weighted by Crippen LogP contribution is 2.42. The molecule has 6 nitrogen and oxygen atoms in total. The van der Waals surface area contributed by atoms with Gasteiger partial charge in [0, 0.05) is 24.6 Å². The number of aromatic nitrogens is 1. The predicted molar refractivity (Wildman–Crippen MR) is 94.4 cm³/mol. The molecule has 6 heteroatoms. The number of likely N-dealkylation sites (tertiary alicyclic amines) is 1. The van der Waals surface area contributed by atoms with Gasteiger partial charge in [0.2, 0.25) is 0 Å². The molecule has 2 amide bonds. The molecule has 1 saturated heterocycles. The van der Waals surface area contributed by atoms with Crippen molar-refractivity contribution in [3.63, 3.8) is 0 Å². The molecular weight excluding hydrogens is 318 g/mol. The van der Waals surface area contributed by atoms with E-state index in [1.165, 1.54) is 19.3 Å². The standard InChI is InChI=1S/C19H29N3O3/c1-18(7-2-3-8-18)15-13-16(21-25-15)20-17(23)22-11-9-19(24,10-12-22)14-5-4-6-14/h13-14,24H,2-12H2,1H3,(H,20,21,23). The Bertz CT molecular complexity index is 624. The van der Waals surface area contributed by atoms with Crippen LogP contribution in [0, 0.1) is 5.92 Å². The van der Waals surface area contributed by atoms with Gasteiger partial charge in [-0.25, -0.2) is 4.79 Å². The lowest BCUT2D eigenvalue weighted by atomic mass is 9.69. The van der Waals surface area contributed by atoms with Crippen molar-refractivity contribution < 1.29 is 14.4 Å². The van der Waals surface area contributed by atoms with Gasteiger partial charge in [-0.05, 0) is 44.4 Å². The van der Waals surface area contributed by atoms with Crippen molar-refractivity contribution in [2.24, 2.45) is 5.92 Å². The molecule has 4 rings (SSSR count). The molecule has 2 N–H and O–H groups in total. The van der Waals surface area contributed by atoms with Gasteiger partial charge in [-0.2, -0.15) is 0 Å². The van der Waals surface area contributed by atoms with Gasteiger partial charge in [0.05, 0.1) is 5.60 Å². The number of carbonyl (C=O) groups excluding carboxylic acids is 1. The van der Waals surface area contributed by atoms with E-state index >= 15 is 0 Å². The summed E-state index contributed by atoms with van der Waals surface area (Å²) in [6, 6.07) is 1.73. The Morgan fingerprint density at radius 1 is 1.24 bits per heavy atom. The van der Waals surface area contributed by atoms with Crippen LogP contribution in [0.25, 0.3) is 0 Å². The molecule has 2 heterocycles. The van der Waals surface area contributed by atoms with Gasteiger partial charge in [0.15, 0.2) is 5.82 Å². The van der Waals surface area contributed by atoms with E-state index < -0.39 is 5.60 Å². The smallest absolute Gasteiger partial charge is 0.323 e. The normalized spacial score (nSPS) is 25.6. The first kappa shape index (κ1) is 16.9. The van der Waals surface area contributed by atoms with Crippen LogP contribution in [0.3, 0.4) is 0 Å². The van der Waals surface area contributed by atoms with Crippen molar-refractivity contribution in [2.75, 3.05) is 18.4 Å². The fourth-order valence-electron chi connectivity index (χ4n) is 4.66. The number of carbonyl (C=O) groups is 1. The van der Waals surface area contributed by atoms with Crippen LogP contribution in [0.5, 0.6) is 0 Å². The van der Waals surface area contributed by atoms with E-state index in [9.17, 15) is 9.90 Å². The summed E-state index contributed by atoms with van der Waals surface area (Å²) in [5.74, 6) is 1.80. The molecule has 0 atom stereocenters. The molecule has 0 bridgehead atoms. The lowest BCUT2D eigenvalue weighted by Crippen LogP contribution is -2.52. The summed E-state index contributed by atoms with van der Waals surface area (Å²) in [5.41, 5.74) is -0.506. The van der Waals surface area contributed by atoms with Gasteiger partial charge in [0.25, 0.3) is 0 Å². The maximum Gasteiger partial charge on any atom is 0.323 e. The Hall–Kier alpha value is -1.56. The highest BCUT2D eigenvalue weighted by molar-refractivity contribution is 5.88. The van der Waals surface area contributed by atoms with E-state index in [2.05, 4.69) is 17.4 Å². The third-order valence-corrected chi connectivity index (χ3v) is 6.83. The SMILES string of the molecule is CC1(c2cc(NC(=O)N3CCC(O)(C4CCC4)CC3)no2)CCCC1. The second-order valence-electron chi connectivity index (χ2n) is 8.49. The van der Waals surface area contributed by atoms with Crippen molar-refractivity contribution in [2.45, 2.75) is 75.7 Å². The molecule has 3 fully saturated rings. The second kappa shape index (κ2) is 6.31. The van der Waals surface area contributed by atoms with Crippen molar-refractivity contribution >= 4 is 11.8 Å². The molecule has 25 heavy (non-hydrogen) atoms. The summed E-state index contributed by atoms with van der Waals surface area (Å²) in [5, 5.41) is 17.6. The molecule has 0 radical (unpaired) electrons. The van der Waals surface area contributed by atoms with E-state index in [-0.39, 0.29) is 11.4 Å². The number of hydrogen-bond donors (Lipinski definition) is 2. The quantitative estimate of drug-likeness (QED) is 0.874. The summed E-state index contributed by atoms with van der Waals surface area (Å²) in [6.45, 7) is 3.40. The molecule has 0 aromatic carbocycles. The van der Waals surface area contributed by atoms with Crippen LogP contribution in [0.15, 0.2) is 10.6 Å². The van der Waals surface area contributed by atoms with E-state index in [0.29, 0.717) is 37.7 Å². The zero-order valence-electron chi connectivity index (χ0n) is 15.1. The minimum atomic E-state index is -0.562. The molecule has 3 aliphatic rings. The van der Waals surface area contributed by atoms with Crippen molar-refractivity contribution in [1.29, 1.82) is 0 Å². The zero-order chi connectivity index (χ0) is 17.5. The summed E-state index contributed by atoms with van der Waals surface area (Å²) in [7, 11) is 0. The van der Waals surface area contributed by atoms with Crippen molar-refractivity contribution in [3.05, 3.63) is 11.8 Å². The minimum Gasteiger partial charge on any atom is -0.389 e. The first-order valence-electron chi connectivity index (χ1n) is 9.74. The fourth-order valence-corrected chi connectivity index (χ4v) is 4.66. The Morgan fingerprint density at radius 2 is 1.92 bits per heavy atom. The van der Waals surface area contributed by atoms with Gasteiger partial charge in [0.1, 0.15) is 5.76 Å². The van der Waals surface area contributed by atoms with Crippen LogP contribution in [-0.2, 0) is 5.41 Å². The molecule has 2 saturated carbocycles. The topological polar surface area (TPSA) is 78.6 Å². The number of hydrogen-bond acceptors (Lipinski definition) is 4. The van der Waals surface area contributed by atoms with Gasteiger partial charge < -0.3 is 14.5 Å². The van der Waals surface area contributed by atoms with Gasteiger partial charge in [-0.3, -0.25) is 5.32 Å². The van der Waals surface area contributed by atoms with E-state index in [1.54, 1.807) is 4.90 Å². The van der Waals surface area contributed by atoms with Gasteiger partial charge in [-0.15, -0.1) is 0 Å². The molecule has 2 aliphatic carbocycles. The predicted octanol–water partition coefficient (Wildman–Crippen LogP) is 3.67. The molecule has 1 aliphatic heterocycles. The first-order chi connectivity index (χ1) is 12.0. The average Bonchev–Trinajstić information content (AvgIpc) is 3.16. The lowest BCUT2D eigenvalue weighted by Gasteiger charge is -2.46. The number of urea groups is 1. The Morgan fingerprint density at radius 3 is 2.52 bits per heavy atom. The third kappa shape index (κ3) is 3.16. The Labute approximate surface area is 148 Å². The molecule has 1 aromatic rings. The van der Waals surface area contributed by atoms with Crippen LogP contribution >= 0.6 is 0 Å².